The van der Waals surface area contributed by atoms with Crippen LogP contribution in [0.2, 0.25) is 5.02 Å². The minimum absolute atomic E-state index is 0.233. The quantitative estimate of drug-likeness (QED) is 0.486. The summed E-state index contributed by atoms with van der Waals surface area (Å²) in [6, 6.07) is 21.4. The molecule has 0 unspecified atom stereocenters. The molecule has 0 atom stereocenters. The van der Waals surface area contributed by atoms with Gasteiger partial charge in [0.05, 0.1) is 23.3 Å². The van der Waals surface area contributed by atoms with E-state index in [1.807, 2.05) is 12.1 Å². The number of benzene rings is 3. The molecule has 0 radical (unpaired) electrons. The smallest absolute Gasteiger partial charge is 0.259 e. The fourth-order valence-corrected chi connectivity index (χ4v) is 3.07. The van der Waals surface area contributed by atoms with E-state index in [0.717, 1.165) is 0 Å². The molecule has 0 saturated heterocycles. The molecule has 7 heteroatoms. The number of hydrogen-bond donors (Lipinski definition) is 1. The second-order valence-electron chi connectivity index (χ2n) is 6.13. The van der Waals surface area contributed by atoms with Gasteiger partial charge >= 0.3 is 0 Å². The Hall–Kier alpha value is -3.64. The summed E-state index contributed by atoms with van der Waals surface area (Å²) in [7, 11) is 1.57. The summed E-state index contributed by atoms with van der Waals surface area (Å²) in [6.07, 6.45) is 0. The van der Waals surface area contributed by atoms with Crippen LogP contribution in [0.15, 0.2) is 77.3 Å². The van der Waals surface area contributed by atoms with E-state index in [1.54, 1.807) is 67.8 Å². The van der Waals surface area contributed by atoms with E-state index in [2.05, 4.69) is 15.5 Å². The van der Waals surface area contributed by atoms with Crippen LogP contribution in [-0.2, 0) is 0 Å². The fraction of sp³-hybridized carbons (Fsp3) is 0.0455. The summed E-state index contributed by atoms with van der Waals surface area (Å²) in [4.78, 5) is 17.3. The van der Waals surface area contributed by atoms with E-state index in [-0.39, 0.29) is 11.8 Å². The maximum Gasteiger partial charge on any atom is 0.259 e. The Balaban J connectivity index is 1.65. The van der Waals surface area contributed by atoms with Crippen molar-refractivity contribution in [3.05, 3.63) is 83.4 Å². The van der Waals surface area contributed by atoms with Gasteiger partial charge in [-0.25, -0.2) is 0 Å². The minimum Gasteiger partial charge on any atom is -0.497 e. The largest absolute Gasteiger partial charge is 0.497 e. The number of carbonyl (C=O) groups excluding carboxylic acids is 1. The predicted molar refractivity (Wildman–Crippen MR) is 111 cm³/mol. The Morgan fingerprint density at radius 1 is 1.00 bits per heavy atom. The lowest BCUT2D eigenvalue weighted by Crippen LogP contribution is -2.13. The maximum absolute atomic E-state index is 12.9. The summed E-state index contributed by atoms with van der Waals surface area (Å²) in [5.74, 6) is 0.939. The van der Waals surface area contributed by atoms with Gasteiger partial charge in [-0.1, -0.05) is 47.1 Å². The number of anilines is 1. The van der Waals surface area contributed by atoms with Gasteiger partial charge in [-0.15, -0.1) is 0 Å². The number of hydrogen-bond acceptors (Lipinski definition) is 5. The molecular formula is C22H16ClN3O3. The molecule has 144 valence electrons. The Labute approximate surface area is 172 Å². The molecule has 1 amide bonds. The van der Waals surface area contributed by atoms with Gasteiger partial charge in [0.25, 0.3) is 11.8 Å². The highest BCUT2D eigenvalue weighted by molar-refractivity contribution is 6.33. The molecule has 0 spiro atoms. The molecule has 29 heavy (non-hydrogen) atoms. The summed E-state index contributed by atoms with van der Waals surface area (Å²) < 4.78 is 10.6. The first-order valence-corrected chi connectivity index (χ1v) is 9.17. The summed E-state index contributed by atoms with van der Waals surface area (Å²) in [6.45, 7) is 0. The molecule has 6 nitrogen and oxygen atoms in total. The lowest BCUT2D eigenvalue weighted by atomic mass is 10.1. The van der Waals surface area contributed by atoms with Crippen LogP contribution in [0, 0.1) is 0 Å². The monoisotopic (exact) mass is 405 g/mol. The predicted octanol–water partition coefficient (Wildman–Crippen LogP) is 5.32. The third kappa shape index (κ3) is 3.97. The van der Waals surface area contributed by atoms with Crippen LogP contribution in [0.3, 0.4) is 0 Å². The Bertz CT molecular complexity index is 1170. The first-order valence-electron chi connectivity index (χ1n) is 8.79. The number of nitrogens with zero attached hydrogens (tertiary/aromatic N) is 2. The summed E-state index contributed by atoms with van der Waals surface area (Å²) in [5.41, 5.74) is 2.21. The summed E-state index contributed by atoms with van der Waals surface area (Å²) in [5, 5.41) is 7.39. The molecule has 1 aromatic heterocycles. The van der Waals surface area contributed by atoms with Crippen molar-refractivity contribution in [2.75, 3.05) is 12.4 Å². The van der Waals surface area contributed by atoms with Crippen LogP contribution in [0.5, 0.6) is 5.75 Å². The van der Waals surface area contributed by atoms with Gasteiger partial charge in [0.1, 0.15) is 5.75 Å². The van der Waals surface area contributed by atoms with Gasteiger partial charge in [0, 0.05) is 17.3 Å². The number of methoxy groups -OCH3 is 1. The second-order valence-corrected chi connectivity index (χ2v) is 6.54. The van der Waals surface area contributed by atoms with Crippen molar-refractivity contribution in [2.45, 2.75) is 0 Å². The van der Waals surface area contributed by atoms with Crippen molar-refractivity contribution in [3.63, 3.8) is 0 Å². The highest BCUT2D eigenvalue weighted by Gasteiger charge is 2.19. The van der Waals surface area contributed by atoms with Crippen molar-refractivity contribution >= 4 is 23.2 Å². The molecule has 0 saturated carbocycles. The van der Waals surface area contributed by atoms with Crippen molar-refractivity contribution < 1.29 is 14.1 Å². The topological polar surface area (TPSA) is 77.2 Å². The normalized spacial score (nSPS) is 10.6. The standard InChI is InChI=1S/C22H16ClN3O3/c1-28-15-8-6-7-14(13-15)24-21(27)16-9-2-3-10-17(16)22-25-20(26-29-22)18-11-4-5-12-19(18)23/h2-13H,1H3,(H,24,27). The zero-order valence-corrected chi connectivity index (χ0v) is 16.2. The number of nitrogens with one attached hydrogen (secondary N) is 1. The maximum atomic E-state index is 12.9. The molecule has 0 aliphatic heterocycles. The fourth-order valence-electron chi connectivity index (χ4n) is 2.85. The van der Waals surface area contributed by atoms with Crippen LogP contribution in [0.4, 0.5) is 5.69 Å². The van der Waals surface area contributed by atoms with E-state index in [4.69, 9.17) is 20.9 Å². The molecule has 3 aromatic carbocycles. The van der Waals surface area contributed by atoms with Crippen molar-refractivity contribution in [1.82, 2.24) is 10.1 Å². The third-order valence-corrected chi connectivity index (χ3v) is 4.60. The van der Waals surface area contributed by atoms with Crippen LogP contribution in [-0.4, -0.2) is 23.2 Å². The first kappa shape index (κ1) is 18.7. The minimum atomic E-state index is -0.300. The highest BCUT2D eigenvalue weighted by Crippen LogP contribution is 2.29. The number of amides is 1. The number of halogens is 1. The second kappa shape index (κ2) is 8.16. The lowest BCUT2D eigenvalue weighted by molar-refractivity contribution is 0.102. The number of carbonyl (C=O) groups is 1. The highest BCUT2D eigenvalue weighted by atomic mass is 35.5. The molecule has 4 aromatic rings. The Morgan fingerprint density at radius 3 is 2.55 bits per heavy atom. The summed E-state index contributed by atoms with van der Waals surface area (Å²) >= 11 is 6.21. The Kier molecular flexibility index (Phi) is 5.27. The van der Waals surface area contributed by atoms with E-state index in [9.17, 15) is 4.79 Å². The van der Waals surface area contributed by atoms with Crippen LogP contribution in [0.1, 0.15) is 10.4 Å². The zero-order valence-electron chi connectivity index (χ0n) is 15.4. The SMILES string of the molecule is COc1cccc(NC(=O)c2ccccc2-c2nc(-c3ccccc3Cl)no2)c1. The molecule has 0 bridgehead atoms. The molecule has 0 aliphatic rings. The number of aromatic nitrogens is 2. The van der Waals surface area contributed by atoms with Gasteiger partial charge in [0.2, 0.25) is 5.82 Å². The van der Waals surface area contributed by atoms with E-state index >= 15 is 0 Å². The van der Waals surface area contributed by atoms with Gasteiger partial charge in [0.15, 0.2) is 0 Å². The van der Waals surface area contributed by atoms with Crippen molar-refractivity contribution in [3.8, 4) is 28.6 Å². The molecule has 1 N–H and O–H groups in total. The van der Waals surface area contributed by atoms with Gasteiger partial charge in [-0.05, 0) is 36.4 Å². The lowest BCUT2D eigenvalue weighted by Gasteiger charge is -2.09. The van der Waals surface area contributed by atoms with Crippen molar-refractivity contribution in [2.24, 2.45) is 0 Å². The molecular weight excluding hydrogens is 390 g/mol. The molecule has 1 heterocycles. The molecule has 0 fully saturated rings. The van der Waals surface area contributed by atoms with E-state index in [1.165, 1.54) is 0 Å². The van der Waals surface area contributed by atoms with E-state index in [0.29, 0.717) is 39.0 Å². The average molecular weight is 406 g/mol. The third-order valence-electron chi connectivity index (χ3n) is 4.27. The average Bonchev–Trinajstić information content (AvgIpc) is 3.24. The Morgan fingerprint density at radius 2 is 1.76 bits per heavy atom. The first-order chi connectivity index (χ1) is 14.2. The van der Waals surface area contributed by atoms with E-state index < -0.39 is 0 Å². The van der Waals surface area contributed by atoms with Gasteiger partial charge < -0.3 is 14.6 Å². The van der Waals surface area contributed by atoms with Crippen LogP contribution < -0.4 is 10.1 Å². The molecule has 0 aliphatic carbocycles. The van der Waals surface area contributed by atoms with Gasteiger partial charge in [-0.2, -0.15) is 4.98 Å². The van der Waals surface area contributed by atoms with Crippen molar-refractivity contribution in [1.29, 1.82) is 0 Å². The number of ether oxygens (including phenoxy) is 1. The molecule has 4 rings (SSSR count). The van der Waals surface area contributed by atoms with Gasteiger partial charge in [-0.3, -0.25) is 4.79 Å². The zero-order chi connectivity index (χ0) is 20.2. The van der Waals surface area contributed by atoms with Crippen LogP contribution in [0.25, 0.3) is 22.8 Å². The number of rotatable bonds is 5. The van der Waals surface area contributed by atoms with Crippen LogP contribution >= 0.6 is 11.6 Å².